The maximum Gasteiger partial charge on any atom is 0.311 e. The van der Waals surface area contributed by atoms with Crippen molar-refractivity contribution < 1.29 is 19.9 Å². The fourth-order valence-corrected chi connectivity index (χ4v) is 2.30. The molecule has 0 fully saturated rings. The highest BCUT2D eigenvalue weighted by Crippen LogP contribution is 2.29. The van der Waals surface area contributed by atoms with E-state index in [2.05, 4.69) is 0 Å². The van der Waals surface area contributed by atoms with E-state index >= 15 is 0 Å². The number of carboxylic acid groups (broad SMARTS) is 1. The standard InChI is InChI=1S/C15H12ClNO5/c16-13-6-1-9(8-14(13)17(21)22)7-12(15(19)20)10-2-4-11(18)5-3-10/h1-6,8,12,18H,7H2,(H,19,20). The molecule has 2 N–H and O–H groups in total. The predicted molar refractivity (Wildman–Crippen MR) is 80.3 cm³/mol. The molecule has 0 amide bonds. The number of halogens is 1. The average Bonchev–Trinajstić information content (AvgIpc) is 2.47. The van der Waals surface area contributed by atoms with E-state index in [4.69, 9.17) is 11.6 Å². The van der Waals surface area contributed by atoms with E-state index in [9.17, 15) is 25.1 Å². The lowest BCUT2D eigenvalue weighted by Crippen LogP contribution is -2.14. The van der Waals surface area contributed by atoms with Crippen LogP contribution in [-0.2, 0) is 11.2 Å². The topological polar surface area (TPSA) is 101 Å². The van der Waals surface area contributed by atoms with Gasteiger partial charge < -0.3 is 10.2 Å². The Morgan fingerprint density at radius 3 is 2.41 bits per heavy atom. The fraction of sp³-hybridized carbons (Fsp3) is 0.133. The maximum absolute atomic E-state index is 11.5. The lowest BCUT2D eigenvalue weighted by Gasteiger charge is -2.13. The molecule has 1 atom stereocenters. The highest BCUT2D eigenvalue weighted by Gasteiger charge is 2.22. The minimum absolute atomic E-state index is 0.00487. The minimum atomic E-state index is -1.05. The van der Waals surface area contributed by atoms with Crippen LogP contribution in [0.2, 0.25) is 5.02 Å². The van der Waals surface area contributed by atoms with E-state index in [1.165, 1.54) is 36.4 Å². The molecule has 0 radical (unpaired) electrons. The highest BCUT2D eigenvalue weighted by atomic mass is 35.5. The van der Waals surface area contributed by atoms with Gasteiger partial charge in [-0.1, -0.05) is 29.8 Å². The highest BCUT2D eigenvalue weighted by molar-refractivity contribution is 6.32. The van der Waals surface area contributed by atoms with Crippen molar-refractivity contribution in [3.63, 3.8) is 0 Å². The molecule has 114 valence electrons. The first-order valence-corrected chi connectivity index (χ1v) is 6.71. The maximum atomic E-state index is 11.5. The first kappa shape index (κ1) is 15.8. The Labute approximate surface area is 130 Å². The van der Waals surface area contributed by atoms with Gasteiger partial charge in [0.2, 0.25) is 0 Å². The molecule has 2 aromatic carbocycles. The van der Waals surface area contributed by atoms with E-state index in [0.29, 0.717) is 11.1 Å². The van der Waals surface area contributed by atoms with Crippen LogP contribution in [0.1, 0.15) is 17.0 Å². The largest absolute Gasteiger partial charge is 0.508 e. The van der Waals surface area contributed by atoms with Gasteiger partial charge in [0.05, 0.1) is 10.8 Å². The van der Waals surface area contributed by atoms with Gasteiger partial charge in [0.25, 0.3) is 5.69 Å². The number of carbonyl (C=O) groups is 1. The zero-order chi connectivity index (χ0) is 16.3. The number of aromatic hydroxyl groups is 1. The van der Waals surface area contributed by atoms with Crippen molar-refractivity contribution in [1.29, 1.82) is 0 Å². The molecule has 0 aliphatic heterocycles. The number of phenolic OH excluding ortho intramolecular Hbond substituents is 1. The van der Waals surface area contributed by atoms with Crippen LogP contribution < -0.4 is 0 Å². The molecule has 0 aromatic heterocycles. The quantitative estimate of drug-likeness (QED) is 0.649. The number of nitrogens with zero attached hydrogens (tertiary/aromatic N) is 1. The van der Waals surface area contributed by atoms with Crippen molar-refractivity contribution in [2.24, 2.45) is 0 Å². The van der Waals surface area contributed by atoms with Gasteiger partial charge in [0.1, 0.15) is 10.8 Å². The van der Waals surface area contributed by atoms with E-state index in [-0.39, 0.29) is 22.9 Å². The Hall–Kier alpha value is -2.60. The summed E-state index contributed by atoms with van der Waals surface area (Å²) in [5, 5.41) is 29.5. The van der Waals surface area contributed by atoms with Crippen LogP contribution in [0.5, 0.6) is 5.75 Å². The third kappa shape index (κ3) is 3.53. The van der Waals surface area contributed by atoms with Gasteiger partial charge in [-0.25, -0.2) is 0 Å². The molecule has 0 bridgehead atoms. The van der Waals surface area contributed by atoms with Gasteiger partial charge in [-0.15, -0.1) is 0 Å². The Morgan fingerprint density at radius 1 is 1.23 bits per heavy atom. The molecule has 0 heterocycles. The molecule has 6 nitrogen and oxygen atoms in total. The zero-order valence-electron chi connectivity index (χ0n) is 11.3. The summed E-state index contributed by atoms with van der Waals surface area (Å²) in [5.41, 5.74) is 0.744. The van der Waals surface area contributed by atoms with Crippen LogP contribution in [0.3, 0.4) is 0 Å². The van der Waals surface area contributed by atoms with E-state index in [0.717, 1.165) is 0 Å². The van der Waals surface area contributed by atoms with Gasteiger partial charge in [-0.2, -0.15) is 0 Å². The first-order chi connectivity index (χ1) is 10.4. The van der Waals surface area contributed by atoms with Crippen LogP contribution in [0, 0.1) is 10.1 Å². The smallest absolute Gasteiger partial charge is 0.311 e. The molecule has 0 aliphatic carbocycles. The second kappa shape index (κ2) is 6.44. The van der Waals surface area contributed by atoms with Gasteiger partial charge in [0, 0.05) is 6.07 Å². The normalized spacial score (nSPS) is 11.9. The van der Waals surface area contributed by atoms with Crippen molar-refractivity contribution in [1.82, 2.24) is 0 Å². The number of hydrogen-bond acceptors (Lipinski definition) is 4. The Morgan fingerprint density at radius 2 is 1.86 bits per heavy atom. The summed E-state index contributed by atoms with van der Waals surface area (Å²) >= 11 is 5.74. The van der Waals surface area contributed by atoms with Gasteiger partial charge in [0.15, 0.2) is 0 Å². The molecule has 2 rings (SSSR count). The van der Waals surface area contributed by atoms with E-state index < -0.39 is 16.8 Å². The number of aliphatic carboxylic acids is 1. The number of nitro groups is 1. The lowest BCUT2D eigenvalue weighted by molar-refractivity contribution is -0.384. The Bertz CT molecular complexity index is 714. The SMILES string of the molecule is O=C(O)C(Cc1ccc(Cl)c([N+](=O)[O-])c1)c1ccc(O)cc1. The lowest BCUT2D eigenvalue weighted by atomic mass is 9.92. The molecule has 7 heteroatoms. The third-order valence-electron chi connectivity index (χ3n) is 3.24. The van der Waals surface area contributed by atoms with Crippen LogP contribution in [0.4, 0.5) is 5.69 Å². The van der Waals surface area contributed by atoms with Crippen LogP contribution in [-0.4, -0.2) is 21.1 Å². The molecule has 0 aliphatic rings. The summed E-state index contributed by atoms with van der Waals surface area (Å²) < 4.78 is 0. The van der Waals surface area contributed by atoms with Crippen molar-refractivity contribution >= 4 is 23.3 Å². The molecule has 0 spiro atoms. The van der Waals surface area contributed by atoms with Gasteiger partial charge >= 0.3 is 5.97 Å². The summed E-state index contributed by atoms with van der Waals surface area (Å²) in [6.45, 7) is 0. The fourth-order valence-electron chi connectivity index (χ4n) is 2.12. The van der Waals surface area contributed by atoms with Crippen molar-refractivity contribution in [3.8, 4) is 5.75 Å². The second-order valence-electron chi connectivity index (χ2n) is 4.73. The summed E-state index contributed by atoms with van der Waals surface area (Å²) in [4.78, 5) is 21.7. The zero-order valence-corrected chi connectivity index (χ0v) is 12.0. The van der Waals surface area contributed by atoms with Crippen LogP contribution in [0.25, 0.3) is 0 Å². The summed E-state index contributed by atoms with van der Waals surface area (Å²) in [6.07, 6.45) is 0.0815. The summed E-state index contributed by atoms with van der Waals surface area (Å²) in [6, 6.07) is 10.0. The minimum Gasteiger partial charge on any atom is -0.508 e. The number of carboxylic acids is 1. The molecule has 0 saturated carbocycles. The molecular weight excluding hydrogens is 310 g/mol. The third-order valence-corrected chi connectivity index (χ3v) is 3.56. The van der Waals surface area contributed by atoms with Crippen molar-refractivity contribution in [3.05, 3.63) is 68.7 Å². The molecular formula is C15H12ClNO5. The van der Waals surface area contributed by atoms with Gasteiger partial charge in [-0.3, -0.25) is 14.9 Å². The molecule has 2 aromatic rings. The molecule has 1 unspecified atom stereocenters. The Kier molecular flexibility index (Phi) is 4.62. The van der Waals surface area contributed by atoms with Crippen LogP contribution >= 0.6 is 11.6 Å². The molecule has 22 heavy (non-hydrogen) atoms. The number of benzene rings is 2. The predicted octanol–water partition coefficient (Wildman–Crippen LogP) is 3.36. The number of nitro benzene ring substituents is 1. The number of phenols is 1. The first-order valence-electron chi connectivity index (χ1n) is 6.33. The van der Waals surface area contributed by atoms with Crippen molar-refractivity contribution in [2.75, 3.05) is 0 Å². The monoisotopic (exact) mass is 321 g/mol. The number of rotatable bonds is 5. The second-order valence-corrected chi connectivity index (χ2v) is 5.14. The van der Waals surface area contributed by atoms with E-state index in [1.807, 2.05) is 0 Å². The van der Waals surface area contributed by atoms with E-state index in [1.54, 1.807) is 6.07 Å². The average molecular weight is 322 g/mol. The van der Waals surface area contributed by atoms with Gasteiger partial charge in [-0.05, 0) is 35.7 Å². The molecule has 0 saturated heterocycles. The summed E-state index contributed by atoms with van der Waals surface area (Å²) in [7, 11) is 0. The number of hydrogen-bond donors (Lipinski definition) is 2. The van der Waals surface area contributed by atoms with Crippen LogP contribution in [0.15, 0.2) is 42.5 Å². The van der Waals surface area contributed by atoms with Crippen molar-refractivity contribution in [2.45, 2.75) is 12.3 Å². The Balaban J connectivity index is 2.32. The summed E-state index contributed by atoms with van der Waals surface area (Å²) in [5.74, 6) is -1.89.